The normalized spacial score (nSPS) is 21.4. The summed E-state index contributed by atoms with van der Waals surface area (Å²) in [4.78, 5) is 4.65. The van der Waals surface area contributed by atoms with Crippen molar-refractivity contribution in [3.63, 3.8) is 0 Å². The first-order valence-electron chi connectivity index (χ1n) is 10.6. The van der Waals surface area contributed by atoms with Gasteiger partial charge in [0.2, 0.25) is 0 Å². The minimum atomic E-state index is 0.301. The van der Waals surface area contributed by atoms with Crippen LogP contribution in [0.2, 0.25) is 0 Å². The topological polar surface area (TPSA) is 42.8 Å². The van der Waals surface area contributed by atoms with E-state index < -0.39 is 0 Å². The number of methoxy groups -OCH3 is 2. The average molecular weight is 411 g/mol. The molecule has 1 N–H and O–H groups in total. The summed E-state index contributed by atoms with van der Waals surface area (Å²) in [6, 6.07) is 23.3. The first-order chi connectivity index (χ1) is 15.3. The SMILES string of the molecule is COc1ccc(C=Nc2ccc([C@@H]3Nc4ccccc4[C@H]4C=CC[C@H]43)cc2)c(OC)c1. The zero-order chi connectivity index (χ0) is 21.2. The first-order valence-corrected chi connectivity index (χ1v) is 10.6. The Kier molecular flexibility index (Phi) is 5.21. The molecule has 5 rings (SSSR count). The number of nitrogens with one attached hydrogen (secondary N) is 1. The number of rotatable bonds is 5. The molecule has 156 valence electrons. The van der Waals surface area contributed by atoms with Crippen LogP contribution in [-0.2, 0) is 0 Å². The van der Waals surface area contributed by atoms with Crippen molar-refractivity contribution in [3.8, 4) is 11.5 Å². The molecule has 1 aliphatic heterocycles. The second-order valence-corrected chi connectivity index (χ2v) is 8.02. The van der Waals surface area contributed by atoms with E-state index in [4.69, 9.17) is 9.47 Å². The van der Waals surface area contributed by atoms with Crippen molar-refractivity contribution < 1.29 is 9.47 Å². The fourth-order valence-corrected chi connectivity index (χ4v) is 4.71. The molecule has 3 aromatic rings. The predicted molar refractivity (Wildman–Crippen MR) is 126 cm³/mol. The maximum Gasteiger partial charge on any atom is 0.131 e. The van der Waals surface area contributed by atoms with Crippen molar-refractivity contribution in [3.05, 3.63) is 95.6 Å². The van der Waals surface area contributed by atoms with Crippen LogP contribution >= 0.6 is 0 Å². The van der Waals surface area contributed by atoms with Gasteiger partial charge in [0.05, 0.1) is 25.9 Å². The van der Waals surface area contributed by atoms with Gasteiger partial charge >= 0.3 is 0 Å². The lowest BCUT2D eigenvalue weighted by molar-refractivity contribution is 0.394. The van der Waals surface area contributed by atoms with Gasteiger partial charge in [-0.3, -0.25) is 4.99 Å². The van der Waals surface area contributed by atoms with Crippen molar-refractivity contribution in [1.82, 2.24) is 0 Å². The minimum absolute atomic E-state index is 0.301. The Morgan fingerprint density at radius 2 is 1.81 bits per heavy atom. The number of fused-ring (bicyclic) bond motifs is 3. The number of hydrogen-bond acceptors (Lipinski definition) is 4. The number of anilines is 1. The van der Waals surface area contributed by atoms with Crippen LogP contribution in [0, 0.1) is 5.92 Å². The summed E-state index contributed by atoms with van der Waals surface area (Å²) in [6.45, 7) is 0. The lowest BCUT2D eigenvalue weighted by Gasteiger charge is -2.37. The third kappa shape index (κ3) is 3.70. The van der Waals surface area contributed by atoms with Gasteiger partial charge in [-0.05, 0) is 53.8 Å². The Morgan fingerprint density at radius 1 is 0.968 bits per heavy atom. The van der Waals surface area contributed by atoms with Crippen LogP contribution in [-0.4, -0.2) is 20.4 Å². The third-order valence-corrected chi connectivity index (χ3v) is 6.32. The lowest BCUT2D eigenvalue weighted by atomic mass is 9.77. The van der Waals surface area contributed by atoms with Crippen LogP contribution in [0.25, 0.3) is 0 Å². The van der Waals surface area contributed by atoms with Crippen molar-refractivity contribution in [2.45, 2.75) is 18.4 Å². The molecule has 1 heterocycles. The van der Waals surface area contributed by atoms with Gasteiger partial charge in [0, 0.05) is 29.4 Å². The first kappa shape index (κ1) is 19.4. The van der Waals surface area contributed by atoms with E-state index in [1.54, 1.807) is 14.2 Å². The molecule has 0 bridgehead atoms. The summed E-state index contributed by atoms with van der Waals surface area (Å²) in [5.74, 6) is 2.54. The summed E-state index contributed by atoms with van der Waals surface area (Å²) in [6.07, 6.45) is 7.64. The van der Waals surface area contributed by atoms with E-state index in [9.17, 15) is 0 Å². The molecule has 0 saturated heterocycles. The van der Waals surface area contributed by atoms with Gasteiger partial charge in [-0.25, -0.2) is 0 Å². The number of hydrogen-bond donors (Lipinski definition) is 1. The Balaban J connectivity index is 1.37. The largest absolute Gasteiger partial charge is 0.497 e. The molecule has 0 unspecified atom stereocenters. The molecular weight excluding hydrogens is 384 g/mol. The van der Waals surface area contributed by atoms with Crippen LogP contribution < -0.4 is 14.8 Å². The summed E-state index contributed by atoms with van der Waals surface area (Å²) in [5, 5.41) is 3.78. The maximum absolute atomic E-state index is 5.46. The van der Waals surface area contributed by atoms with Crippen molar-refractivity contribution >= 4 is 17.6 Å². The highest BCUT2D eigenvalue weighted by Gasteiger charge is 2.37. The molecule has 0 radical (unpaired) electrons. The summed E-state index contributed by atoms with van der Waals surface area (Å²) >= 11 is 0. The van der Waals surface area contributed by atoms with Gasteiger partial charge < -0.3 is 14.8 Å². The number of para-hydroxylation sites is 1. The molecule has 0 amide bonds. The van der Waals surface area contributed by atoms with E-state index in [0.29, 0.717) is 17.9 Å². The number of nitrogens with zero attached hydrogens (tertiary/aromatic N) is 1. The highest BCUT2D eigenvalue weighted by atomic mass is 16.5. The Hall–Kier alpha value is -3.53. The van der Waals surface area contributed by atoms with E-state index >= 15 is 0 Å². The molecule has 31 heavy (non-hydrogen) atoms. The van der Waals surface area contributed by atoms with Crippen LogP contribution in [0.5, 0.6) is 11.5 Å². The quantitative estimate of drug-likeness (QED) is 0.397. The van der Waals surface area contributed by atoms with Crippen LogP contribution in [0.4, 0.5) is 11.4 Å². The molecule has 0 spiro atoms. The minimum Gasteiger partial charge on any atom is -0.497 e. The molecule has 3 atom stereocenters. The van der Waals surface area contributed by atoms with Crippen LogP contribution in [0.1, 0.15) is 35.1 Å². The zero-order valence-corrected chi connectivity index (χ0v) is 17.8. The van der Waals surface area contributed by atoms with E-state index in [2.05, 4.69) is 71.0 Å². The molecule has 4 heteroatoms. The highest BCUT2D eigenvalue weighted by molar-refractivity contribution is 5.85. The molecule has 2 aliphatic rings. The average Bonchev–Trinajstić information content (AvgIpc) is 3.33. The van der Waals surface area contributed by atoms with E-state index in [0.717, 1.165) is 29.2 Å². The fraction of sp³-hybridized carbons (Fsp3) is 0.222. The van der Waals surface area contributed by atoms with E-state index in [-0.39, 0.29) is 0 Å². The number of allylic oxidation sites excluding steroid dienone is 2. The molecule has 4 nitrogen and oxygen atoms in total. The number of benzene rings is 3. The number of aliphatic imine (C=N–C) groups is 1. The molecular formula is C27H26N2O2. The van der Waals surface area contributed by atoms with Gasteiger partial charge in [-0.1, -0.05) is 42.5 Å². The van der Waals surface area contributed by atoms with Gasteiger partial charge in [-0.2, -0.15) is 0 Å². The zero-order valence-electron chi connectivity index (χ0n) is 17.8. The Labute approximate surface area is 183 Å². The lowest BCUT2D eigenvalue weighted by Crippen LogP contribution is -2.28. The summed E-state index contributed by atoms with van der Waals surface area (Å²) in [7, 11) is 3.30. The van der Waals surface area contributed by atoms with E-state index in [1.165, 1.54) is 16.8 Å². The molecule has 1 aliphatic carbocycles. The Bertz CT molecular complexity index is 1130. The van der Waals surface area contributed by atoms with Gasteiger partial charge in [0.15, 0.2) is 0 Å². The van der Waals surface area contributed by atoms with Crippen LogP contribution in [0.15, 0.2) is 83.9 Å². The fourth-order valence-electron chi connectivity index (χ4n) is 4.71. The van der Waals surface area contributed by atoms with Crippen molar-refractivity contribution in [2.75, 3.05) is 19.5 Å². The standard InChI is InChI=1S/C27H26N2O2/c1-30-21-15-12-19(26(16-21)31-2)17-28-20-13-10-18(11-14-20)27-24-8-5-7-22(24)23-6-3-4-9-25(23)29-27/h3-7,9-17,22,24,27,29H,8H2,1-2H3/t22-,24-,27+/m1/s1. The second-order valence-electron chi connectivity index (χ2n) is 8.02. The van der Waals surface area contributed by atoms with Crippen molar-refractivity contribution in [1.29, 1.82) is 0 Å². The molecule has 0 fully saturated rings. The van der Waals surface area contributed by atoms with Crippen LogP contribution in [0.3, 0.4) is 0 Å². The smallest absolute Gasteiger partial charge is 0.131 e. The Morgan fingerprint density at radius 3 is 2.61 bits per heavy atom. The second kappa shape index (κ2) is 8.31. The van der Waals surface area contributed by atoms with E-state index in [1.807, 2.05) is 24.4 Å². The summed E-state index contributed by atoms with van der Waals surface area (Å²) in [5.41, 5.74) is 5.78. The summed E-state index contributed by atoms with van der Waals surface area (Å²) < 4.78 is 10.7. The molecule has 0 aromatic heterocycles. The van der Waals surface area contributed by atoms with Gasteiger partial charge in [0.25, 0.3) is 0 Å². The predicted octanol–water partition coefficient (Wildman–Crippen LogP) is 6.28. The molecule has 3 aromatic carbocycles. The number of ether oxygens (including phenoxy) is 2. The maximum atomic E-state index is 5.46. The highest BCUT2D eigenvalue weighted by Crippen LogP contribution is 2.49. The molecule has 0 saturated carbocycles. The van der Waals surface area contributed by atoms with Gasteiger partial charge in [0.1, 0.15) is 11.5 Å². The van der Waals surface area contributed by atoms with Gasteiger partial charge in [-0.15, -0.1) is 0 Å². The third-order valence-electron chi connectivity index (χ3n) is 6.32. The van der Waals surface area contributed by atoms with Crippen molar-refractivity contribution in [2.24, 2.45) is 10.9 Å². The monoisotopic (exact) mass is 410 g/mol.